The van der Waals surface area contributed by atoms with E-state index in [0.29, 0.717) is 45.8 Å². The minimum atomic E-state index is -1.60. The first-order chi connectivity index (χ1) is 18.5. The molecule has 0 saturated carbocycles. The number of hydrogen-bond acceptors (Lipinski definition) is 6. The molecule has 0 aliphatic rings. The summed E-state index contributed by atoms with van der Waals surface area (Å²) < 4.78 is 27.0. The summed E-state index contributed by atoms with van der Waals surface area (Å²) >= 11 is 4.77. The molecule has 4 aromatic carbocycles. The Bertz CT molecular complexity index is 1400. The van der Waals surface area contributed by atoms with Gasteiger partial charge < -0.3 is 24.7 Å². The molecule has 0 radical (unpaired) electrons. The van der Waals surface area contributed by atoms with Gasteiger partial charge in [-0.2, -0.15) is 0 Å². The molecule has 0 aliphatic heterocycles. The van der Waals surface area contributed by atoms with E-state index in [1.165, 1.54) is 0 Å². The number of carbonyl (C=O) groups excluding carboxylic acids is 1. The molecule has 196 valence electrons. The third kappa shape index (κ3) is 6.92. The number of hydrogen-bond donors (Lipinski definition) is 3. The fraction of sp³-hybridized carbons (Fsp3) is 0.138. The largest absolute Gasteiger partial charge is 0.588 e. The lowest BCUT2D eigenvalue weighted by Crippen LogP contribution is -2.28. The van der Waals surface area contributed by atoms with E-state index < -0.39 is 11.4 Å². The molecular weight excluding hydrogens is 522 g/mol. The Kier molecular flexibility index (Phi) is 9.37. The van der Waals surface area contributed by atoms with Crippen LogP contribution in [0.2, 0.25) is 5.02 Å². The van der Waals surface area contributed by atoms with E-state index >= 15 is 0 Å². The van der Waals surface area contributed by atoms with E-state index in [4.69, 9.17) is 21.1 Å². The smallest absolute Gasteiger partial charge is 0.251 e. The van der Waals surface area contributed by atoms with Gasteiger partial charge in [-0.3, -0.25) is 4.79 Å². The molecule has 1 amide bonds. The van der Waals surface area contributed by atoms with E-state index in [0.717, 1.165) is 16.8 Å². The monoisotopic (exact) mass is 549 g/mol. The number of carbonyl (C=O) groups is 1. The van der Waals surface area contributed by atoms with Crippen molar-refractivity contribution >= 4 is 40.2 Å². The number of halogens is 1. The van der Waals surface area contributed by atoms with Crippen LogP contribution in [0.4, 0.5) is 11.4 Å². The average Bonchev–Trinajstić information content (AvgIpc) is 2.95. The molecule has 9 heteroatoms. The second-order valence-corrected chi connectivity index (χ2v) is 9.80. The van der Waals surface area contributed by atoms with Crippen LogP contribution in [-0.4, -0.2) is 37.8 Å². The van der Waals surface area contributed by atoms with Gasteiger partial charge in [0.25, 0.3) is 5.91 Å². The number of ether oxygens (including phenoxy) is 2. The first-order valence-corrected chi connectivity index (χ1v) is 13.4. The predicted molar refractivity (Wildman–Crippen MR) is 154 cm³/mol. The quantitative estimate of drug-likeness (QED) is 0.157. The van der Waals surface area contributed by atoms with Gasteiger partial charge in [-0.1, -0.05) is 48.0 Å². The summed E-state index contributed by atoms with van der Waals surface area (Å²) in [6, 6.07) is 27.4. The van der Waals surface area contributed by atoms with Crippen molar-refractivity contribution in [2.45, 2.75) is 4.90 Å². The molecule has 0 bridgehead atoms. The lowest BCUT2D eigenvalue weighted by molar-refractivity contribution is 0.0955. The molecule has 38 heavy (non-hydrogen) atoms. The lowest BCUT2D eigenvalue weighted by Gasteiger charge is -2.16. The van der Waals surface area contributed by atoms with Crippen LogP contribution >= 0.6 is 11.6 Å². The van der Waals surface area contributed by atoms with Gasteiger partial charge in [0.2, 0.25) is 4.90 Å². The molecule has 4 aromatic rings. The number of benzene rings is 4. The van der Waals surface area contributed by atoms with Crippen molar-refractivity contribution in [3.05, 3.63) is 102 Å². The zero-order valence-electron chi connectivity index (χ0n) is 21.0. The van der Waals surface area contributed by atoms with Crippen LogP contribution in [0.5, 0.6) is 11.5 Å². The Morgan fingerprint density at radius 3 is 2.45 bits per heavy atom. The lowest BCUT2D eigenvalue weighted by atomic mass is 10.1. The van der Waals surface area contributed by atoms with Crippen molar-refractivity contribution in [3.8, 4) is 22.6 Å². The van der Waals surface area contributed by atoms with Gasteiger partial charge in [0, 0.05) is 41.0 Å². The van der Waals surface area contributed by atoms with E-state index in [1.807, 2.05) is 60.7 Å². The summed E-state index contributed by atoms with van der Waals surface area (Å²) in [5.41, 5.74) is 3.71. The van der Waals surface area contributed by atoms with Gasteiger partial charge in [0.15, 0.2) is 5.75 Å². The molecule has 0 spiro atoms. The zero-order chi connectivity index (χ0) is 26.9. The highest BCUT2D eigenvalue weighted by molar-refractivity contribution is 7.92. The Morgan fingerprint density at radius 2 is 1.66 bits per heavy atom. The predicted octanol–water partition coefficient (Wildman–Crippen LogP) is 6.00. The first kappa shape index (κ1) is 27.2. The standard InChI is InChI=1S/C29H28ClN3O4S/c1-36-24-10-5-7-21(17-24)29(34)32-16-15-31-22-8-6-9-23(19-22)33-38(35)28-18-20(13-14-27(28)37-2)25-11-3-4-12-26(25)30/h3-14,17-19,31,33H,15-16H2,1-2H3,(H,32,34). The van der Waals surface area contributed by atoms with Crippen LogP contribution in [0.15, 0.2) is 95.9 Å². The van der Waals surface area contributed by atoms with Crippen molar-refractivity contribution < 1.29 is 18.8 Å². The van der Waals surface area contributed by atoms with Crippen LogP contribution in [0.25, 0.3) is 11.1 Å². The number of anilines is 2. The summed E-state index contributed by atoms with van der Waals surface area (Å²) in [5.74, 6) is 0.961. The number of nitrogens with one attached hydrogen (secondary N) is 3. The topological polar surface area (TPSA) is 94.7 Å². The van der Waals surface area contributed by atoms with Crippen LogP contribution in [0, 0.1) is 0 Å². The van der Waals surface area contributed by atoms with E-state index in [9.17, 15) is 9.35 Å². The second-order valence-electron chi connectivity index (χ2n) is 8.21. The maximum absolute atomic E-state index is 13.3. The van der Waals surface area contributed by atoms with Crippen LogP contribution in [0.3, 0.4) is 0 Å². The van der Waals surface area contributed by atoms with E-state index in [-0.39, 0.29) is 5.91 Å². The maximum atomic E-state index is 13.3. The van der Waals surface area contributed by atoms with Crippen LogP contribution in [-0.2, 0) is 11.4 Å². The Labute approximate surface area is 230 Å². The number of rotatable bonds is 11. The first-order valence-electron chi connectivity index (χ1n) is 11.9. The molecule has 7 nitrogen and oxygen atoms in total. The second kappa shape index (κ2) is 13.1. The van der Waals surface area contributed by atoms with Gasteiger partial charge >= 0.3 is 0 Å². The summed E-state index contributed by atoms with van der Waals surface area (Å²) in [6.07, 6.45) is 0. The average molecular weight is 550 g/mol. The molecule has 3 N–H and O–H groups in total. The summed E-state index contributed by atoms with van der Waals surface area (Å²) in [4.78, 5) is 12.9. The molecule has 0 heterocycles. The fourth-order valence-electron chi connectivity index (χ4n) is 3.79. The maximum Gasteiger partial charge on any atom is 0.251 e. The summed E-state index contributed by atoms with van der Waals surface area (Å²) in [7, 11) is 3.11. The van der Waals surface area contributed by atoms with E-state index in [1.54, 1.807) is 44.6 Å². The van der Waals surface area contributed by atoms with Crippen molar-refractivity contribution in [3.63, 3.8) is 0 Å². The van der Waals surface area contributed by atoms with Crippen molar-refractivity contribution in [2.75, 3.05) is 37.3 Å². The Balaban J connectivity index is 1.37. The molecule has 0 aromatic heterocycles. The van der Waals surface area contributed by atoms with Gasteiger partial charge in [-0.25, -0.2) is 4.72 Å². The van der Waals surface area contributed by atoms with Crippen LogP contribution in [0.1, 0.15) is 10.4 Å². The molecular formula is C29H28ClN3O4S. The Hall–Kier alpha value is -3.85. The zero-order valence-corrected chi connectivity index (χ0v) is 22.6. The molecule has 0 aliphatic carbocycles. The van der Waals surface area contributed by atoms with Gasteiger partial charge in [0.05, 0.1) is 19.9 Å². The molecule has 0 saturated heterocycles. The third-order valence-electron chi connectivity index (χ3n) is 5.69. The van der Waals surface area contributed by atoms with Crippen molar-refractivity contribution in [1.82, 2.24) is 5.32 Å². The number of methoxy groups -OCH3 is 2. The minimum Gasteiger partial charge on any atom is -0.588 e. The normalized spacial score (nSPS) is 11.4. The number of amides is 1. The van der Waals surface area contributed by atoms with Gasteiger partial charge in [-0.15, -0.1) is 0 Å². The highest BCUT2D eigenvalue weighted by atomic mass is 35.5. The highest BCUT2D eigenvalue weighted by Gasteiger charge is 2.20. The van der Waals surface area contributed by atoms with Gasteiger partial charge in [-0.05, 0) is 54.1 Å². The van der Waals surface area contributed by atoms with Gasteiger partial charge in [0.1, 0.15) is 17.1 Å². The SMILES string of the molecule is COc1cccc(C(=O)NCCNc2cccc(N[S+]([O-])c3cc(-c4ccccc4Cl)ccc3OC)c2)c1. The third-order valence-corrected chi connectivity index (χ3v) is 7.16. The van der Waals surface area contributed by atoms with Crippen molar-refractivity contribution in [1.29, 1.82) is 0 Å². The van der Waals surface area contributed by atoms with Crippen molar-refractivity contribution in [2.24, 2.45) is 0 Å². The highest BCUT2D eigenvalue weighted by Crippen LogP contribution is 2.34. The molecule has 1 atom stereocenters. The molecule has 4 rings (SSSR count). The minimum absolute atomic E-state index is 0.176. The van der Waals surface area contributed by atoms with E-state index in [2.05, 4.69) is 15.4 Å². The fourth-order valence-corrected chi connectivity index (χ4v) is 5.05. The summed E-state index contributed by atoms with van der Waals surface area (Å²) in [6.45, 7) is 0.932. The molecule has 1 unspecified atom stereocenters. The Morgan fingerprint density at radius 1 is 0.868 bits per heavy atom. The summed E-state index contributed by atoms with van der Waals surface area (Å²) in [5, 5.41) is 6.76. The molecule has 0 fully saturated rings. The van der Waals surface area contributed by atoms with Crippen LogP contribution < -0.4 is 24.8 Å².